The lowest BCUT2D eigenvalue weighted by atomic mass is 10.0. The van der Waals surface area contributed by atoms with Crippen molar-refractivity contribution in [2.24, 2.45) is 10.9 Å². The fourth-order valence-corrected chi connectivity index (χ4v) is 1.57. The molecule has 0 aromatic rings. The molecular weight excluding hydrogens is 220 g/mol. The normalized spacial score (nSPS) is 15.5. The summed E-state index contributed by atoms with van der Waals surface area (Å²) in [6, 6.07) is 0. The summed E-state index contributed by atoms with van der Waals surface area (Å²) in [5.74, 6) is -0.669. The van der Waals surface area contributed by atoms with E-state index in [1.165, 1.54) is 5.57 Å². The Morgan fingerprint density at radius 1 is 1.53 bits per heavy atom. The molecule has 1 atom stereocenters. The third-order valence-corrected chi connectivity index (χ3v) is 2.71. The molecular formula is C12H18N2O3. The monoisotopic (exact) mass is 238 g/mol. The predicted octanol–water partition coefficient (Wildman–Crippen LogP) is 1.35. The summed E-state index contributed by atoms with van der Waals surface area (Å²) in [4.78, 5) is 25.7. The van der Waals surface area contributed by atoms with Gasteiger partial charge in [0, 0.05) is 38.2 Å². The number of carbonyl (C=O) groups excluding carboxylic acids is 1. The van der Waals surface area contributed by atoms with Crippen LogP contribution >= 0.6 is 0 Å². The van der Waals surface area contributed by atoms with Crippen molar-refractivity contribution < 1.29 is 14.7 Å². The summed E-state index contributed by atoms with van der Waals surface area (Å²) in [7, 11) is 0. The largest absolute Gasteiger partial charge is 0.481 e. The Morgan fingerprint density at radius 3 is 2.88 bits per heavy atom. The Morgan fingerprint density at radius 2 is 2.29 bits per heavy atom. The number of hydrogen-bond acceptors (Lipinski definition) is 3. The van der Waals surface area contributed by atoms with Gasteiger partial charge in [0.15, 0.2) is 0 Å². The smallest absolute Gasteiger partial charge is 0.303 e. The lowest BCUT2D eigenvalue weighted by Crippen LogP contribution is -2.28. The molecule has 94 valence electrons. The quantitative estimate of drug-likeness (QED) is 0.702. The van der Waals surface area contributed by atoms with E-state index in [0.717, 1.165) is 6.42 Å². The topological polar surface area (TPSA) is 78.8 Å². The van der Waals surface area contributed by atoms with E-state index in [9.17, 15) is 9.59 Å². The van der Waals surface area contributed by atoms with Crippen LogP contribution in [0.5, 0.6) is 0 Å². The van der Waals surface area contributed by atoms with Crippen molar-refractivity contribution in [3.05, 3.63) is 11.8 Å². The van der Waals surface area contributed by atoms with E-state index < -0.39 is 5.97 Å². The molecule has 0 aromatic carbocycles. The highest BCUT2D eigenvalue weighted by molar-refractivity contribution is 5.76. The van der Waals surface area contributed by atoms with Crippen molar-refractivity contribution in [1.82, 2.24) is 5.32 Å². The molecule has 1 aliphatic rings. The van der Waals surface area contributed by atoms with E-state index in [-0.39, 0.29) is 24.7 Å². The molecule has 5 heteroatoms. The van der Waals surface area contributed by atoms with Gasteiger partial charge in [0.25, 0.3) is 0 Å². The van der Waals surface area contributed by atoms with Crippen molar-refractivity contribution in [3.8, 4) is 0 Å². The van der Waals surface area contributed by atoms with Gasteiger partial charge >= 0.3 is 5.97 Å². The molecule has 1 rings (SSSR count). The van der Waals surface area contributed by atoms with E-state index >= 15 is 0 Å². The summed E-state index contributed by atoms with van der Waals surface area (Å²) < 4.78 is 0. The SMILES string of the molecule is CC(CNC(=O)CCCC(=O)O)C1=CN=CC1. The number of nitrogens with one attached hydrogen (secondary N) is 1. The maximum Gasteiger partial charge on any atom is 0.303 e. The highest BCUT2D eigenvalue weighted by atomic mass is 16.4. The maximum atomic E-state index is 11.4. The van der Waals surface area contributed by atoms with Crippen molar-refractivity contribution in [2.75, 3.05) is 6.54 Å². The van der Waals surface area contributed by atoms with Gasteiger partial charge in [-0.15, -0.1) is 0 Å². The summed E-state index contributed by atoms with van der Waals surface area (Å²) in [6.45, 7) is 2.62. The van der Waals surface area contributed by atoms with E-state index in [4.69, 9.17) is 5.11 Å². The summed E-state index contributed by atoms with van der Waals surface area (Å²) >= 11 is 0. The third-order valence-electron chi connectivity index (χ3n) is 2.71. The molecule has 0 aromatic heterocycles. The molecule has 0 saturated carbocycles. The van der Waals surface area contributed by atoms with Crippen LogP contribution in [0.1, 0.15) is 32.6 Å². The fourth-order valence-electron chi connectivity index (χ4n) is 1.57. The van der Waals surface area contributed by atoms with Crippen molar-refractivity contribution in [1.29, 1.82) is 0 Å². The van der Waals surface area contributed by atoms with E-state index in [1.807, 2.05) is 19.3 Å². The molecule has 1 aliphatic heterocycles. The molecule has 17 heavy (non-hydrogen) atoms. The van der Waals surface area contributed by atoms with Crippen LogP contribution in [0.25, 0.3) is 0 Å². The number of hydrogen-bond donors (Lipinski definition) is 2. The summed E-state index contributed by atoms with van der Waals surface area (Å²) in [5, 5.41) is 11.2. The minimum Gasteiger partial charge on any atom is -0.481 e. The zero-order valence-corrected chi connectivity index (χ0v) is 9.98. The van der Waals surface area contributed by atoms with Gasteiger partial charge in [-0.2, -0.15) is 0 Å². The first-order chi connectivity index (χ1) is 8.09. The molecule has 1 amide bonds. The number of amides is 1. The minimum absolute atomic E-state index is 0.0436. The van der Waals surface area contributed by atoms with Gasteiger partial charge < -0.3 is 10.4 Å². The molecule has 0 spiro atoms. The van der Waals surface area contributed by atoms with Gasteiger partial charge in [-0.1, -0.05) is 6.92 Å². The van der Waals surface area contributed by atoms with Crippen LogP contribution in [0.15, 0.2) is 16.8 Å². The molecule has 0 radical (unpaired) electrons. The number of carbonyl (C=O) groups is 2. The van der Waals surface area contributed by atoms with Crippen LogP contribution in [0.3, 0.4) is 0 Å². The van der Waals surface area contributed by atoms with Crippen LogP contribution in [0, 0.1) is 5.92 Å². The number of carboxylic acid groups (broad SMARTS) is 1. The van der Waals surface area contributed by atoms with Crippen LogP contribution < -0.4 is 5.32 Å². The number of rotatable bonds is 7. The fraction of sp³-hybridized carbons (Fsp3) is 0.583. The molecule has 0 bridgehead atoms. The highest BCUT2D eigenvalue weighted by Gasteiger charge is 2.12. The van der Waals surface area contributed by atoms with E-state index in [2.05, 4.69) is 10.3 Å². The van der Waals surface area contributed by atoms with Crippen LogP contribution in [-0.4, -0.2) is 29.7 Å². The maximum absolute atomic E-state index is 11.4. The highest BCUT2D eigenvalue weighted by Crippen LogP contribution is 2.16. The van der Waals surface area contributed by atoms with Crippen LogP contribution in [-0.2, 0) is 9.59 Å². The summed E-state index contributed by atoms with van der Waals surface area (Å²) in [5.41, 5.74) is 1.22. The standard InChI is InChI=1S/C12H18N2O3/c1-9(10-5-6-13-8-10)7-14-11(15)3-2-4-12(16)17/h6,8-9H,2-5,7H2,1H3,(H,14,15)(H,16,17). The van der Waals surface area contributed by atoms with Gasteiger partial charge in [0.05, 0.1) is 0 Å². The zero-order chi connectivity index (χ0) is 12.7. The average molecular weight is 238 g/mol. The zero-order valence-electron chi connectivity index (χ0n) is 9.98. The van der Waals surface area contributed by atoms with Crippen LogP contribution in [0.4, 0.5) is 0 Å². The van der Waals surface area contributed by atoms with Gasteiger partial charge in [-0.05, 0) is 17.9 Å². The molecule has 1 unspecified atom stereocenters. The first kappa shape index (κ1) is 13.4. The van der Waals surface area contributed by atoms with Crippen LogP contribution in [0.2, 0.25) is 0 Å². The van der Waals surface area contributed by atoms with Crippen molar-refractivity contribution in [3.63, 3.8) is 0 Å². The number of aliphatic carboxylic acids is 1. The first-order valence-corrected chi connectivity index (χ1v) is 5.78. The summed E-state index contributed by atoms with van der Waals surface area (Å²) in [6.07, 6.45) is 5.25. The molecule has 0 aliphatic carbocycles. The molecule has 0 fully saturated rings. The molecule has 5 nitrogen and oxygen atoms in total. The molecule has 0 saturated heterocycles. The van der Waals surface area contributed by atoms with Gasteiger partial charge in [0.2, 0.25) is 5.91 Å². The Balaban J connectivity index is 2.13. The van der Waals surface area contributed by atoms with E-state index in [0.29, 0.717) is 13.0 Å². The van der Waals surface area contributed by atoms with E-state index in [1.54, 1.807) is 0 Å². The second-order valence-electron chi connectivity index (χ2n) is 4.19. The van der Waals surface area contributed by atoms with Gasteiger partial charge in [0.1, 0.15) is 0 Å². The van der Waals surface area contributed by atoms with Crippen molar-refractivity contribution in [2.45, 2.75) is 32.6 Å². The van der Waals surface area contributed by atoms with Gasteiger partial charge in [-0.3, -0.25) is 14.6 Å². The third kappa shape index (κ3) is 5.29. The Kier molecular flexibility index (Phi) is 5.39. The second-order valence-corrected chi connectivity index (χ2v) is 4.19. The second kappa shape index (κ2) is 6.83. The Labute approximate surface area is 101 Å². The Bertz CT molecular complexity index is 348. The molecule has 1 heterocycles. The van der Waals surface area contributed by atoms with Gasteiger partial charge in [-0.25, -0.2) is 0 Å². The lowest BCUT2D eigenvalue weighted by molar-refractivity contribution is -0.137. The number of nitrogens with zero attached hydrogens (tertiary/aromatic N) is 1. The molecule has 2 N–H and O–H groups in total. The first-order valence-electron chi connectivity index (χ1n) is 5.78. The number of aliphatic imine (C=N–C) groups is 1. The number of carboxylic acids is 1. The average Bonchev–Trinajstić information content (AvgIpc) is 2.78. The minimum atomic E-state index is -0.862. The Hall–Kier alpha value is -1.65. The lowest BCUT2D eigenvalue weighted by Gasteiger charge is -2.13. The predicted molar refractivity (Wildman–Crippen MR) is 64.9 cm³/mol. The van der Waals surface area contributed by atoms with Crippen molar-refractivity contribution >= 4 is 18.1 Å².